The van der Waals surface area contributed by atoms with Crippen molar-refractivity contribution in [2.24, 2.45) is 0 Å². The van der Waals surface area contributed by atoms with Crippen LogP contribution in [0.2, 0.25) is 0 Å². The lowest BCUT2D eigenvalue weighted by molar-refractivity contribution is 0.278. The molecule has 108 valence electrons. The Hall–Kier alpha value is -2.34. The number of hydrogen-bond acceptors (Lipinski definition) is 2. The molecule has 0 N–H and O–H groups in total. The standard InChI is InChI=1S/C18H18FNO/c1-12-5-8-17(11-13(12)2)21-14(3)6-7-16-9-10-20-15(4)18(16)19/h5,8-11,14H,1-4H3. The Labute approximate surface area is 125 Å². The highest BCUT2D eigenvalue weighted by molar-refractivity contribution is 5.37. The molecule has 1 aromatic heterocycles. The highest BCUT2D eigenvalue weighted by Gasteiger charge is 2.04. The predicted octanol–water partition coefficient (Wildman–Crippen LogP) is 3.96. The minimum absolute atomic E-state index is 0.319. The van der Waals surface area contributed by atoms with Gasteiger partial charge >= 0.3 is 0 Å². The third kappa shape index (κ3) is 3.82. The van der Waals surface area contributed by atoms with Crippen LogP contribution in [0, 0.1) is 38.4 Å². The molecule has 2 aromatic rings. The molecule has 2 nitrogen and oxygen atoms in total. The zero-order valence-corrected chi connectivity index (χ0v) is 12.7. The number of rotatable bonds is 2. The lowest BCUT2D eigenvalue weighted by Gasteiger charge is -2.10. The summed E-state index contributed by atoms with van der Waals surface area (Å²) in [5.41, 5.74) is 3.08. The number of hydrogen-bond donors (Lipinski definition) is 0. The summed E-state index contributed by atoms with van der Waals surface area (Å²) in [5, 5.41) is 0. The molecule has 1 heterocycles. The Balaban J connectivity index is 2.12. The molecular weight excluding hydrogens is 265 g/mol. The van der Waals surface area contributed by atoms with Gasteiger partial charge in [0.05, 0.1) is 11.3 Å². The Morgan fingerprint density at radius 2 is 1.90 bits per heavy atom. The zero-order chi connectivity index (χ0) is 15.4. The van der Waals surface area contributed by atoms with Gasteiger partial charge in [0.15, 0.2) is 11.9 Å². The average Bonchev–Trinajstić information content (AvgIpc) is 2.44. The van der Waals surface area contributed by atoms with E-state index in [1.54, 1.807) is 19.2 Å². The molecule has 0 fully saturated rings. The summed E-state index contributed by atoms with van der Waals surface area (Å²) < 4.78 is 19.5. The fourth-order valence-corrected chi connectivity index (χ4v) is 1.85. The normalized spacial score (nSPS) is 11.5. The fraction of sp³-hybridized carbons (Fsp3) is 0.278. The van der Waals surface area contributed by atoms with Crippen LogP contribution < -0.4 is 4.74 Å². The summed E-state index contributed by atoms with van der Waals surface area (Å²) in [6, 6.07) is 7.47. The summed E-state index contributed by atoms with van der Waals surface area (Å²) in [7, 11) is 0. The van der Waals surface area contributed by atoms with Gasteiger partial charge in [0.25, 0.3) is 0 Å². The first-order valence-corrected chi connectivity index (χ1v) is 6.84. The molecule has 0 aliphatic rings. The van der Waals surface area contributed by atoms with Crippen molar-refractivity contribution < 1.29 is 9.13 Å². The first kappa shape index (κ1) is 15.1. The minimum atomic E-state index is -0.372. The predicted molar refractivity (Wildman–Crippen MR) is 81.8 cm³/mol. The van der Waals surface area contributed by atoms with Gasteiger partial charge in [0.2, 0.25) is 0 Å². The van der Waals surface area contributed by atoms with Crippen molar-refractivity contribution in [2.75, 3.05) is 0 Å². The van der Waals surface area contributed by atoms with Crippen LogP contribution in [0.5, 0.6) is 5.75 Å². The first-order valence-electron chi connectivity index (χ1n) is 6.84. The van der Waals surface area contributed by atoms with Crippen molar-refractivity contribution in [1.29, 1.82) is 0 Å². The van der Waals surface area contributed by atoms with E-state index < -0.39 is 0 Å². The molecule has 1 atom stereocenters. The van der Waals surface area contributed by atoms with Crippen LogP contribution in [-0.2, 0) is 0 Å². The molecule has 0 amide bonds. The monoisotopic (exact) mass is 283 g/mol. The van der Waals surface area contributed by atoms with Crippen molar-refractivity contribution in [3.63, 3.8) is 0 Å². The van der Waals surface area contributed by atoms with Gasteiger partial charge in [-0.3, -0.25) is 4.98 Å². The number of nitrogens with zero attached hydrogens (tertiary/aromatic N) is 1. The van der Waals surface area contributed by atoms with Gasteiger partial charge in [-0.1, -0.05) is 17.9 Å². The molecule has 0 saturated heterocycles. The van der Waals surface area contributed by atoms with Gasteiger partial charge in [-0.05, 0) is 57.0 Å². The molecule has 0 spiro atoms. The quantitative estimate of drug-likeness (QED) is 0.778. The van der Waals surface area contributed by atoms with E-state index in [2.05, 4.69) is 23.7 Å². The van der Waals surface area contributed by atoms with Gasteiger partial charge < -0.3 is 4.74 Å². The molecule has 0 bridgehead atoms. The second-order valence-corrected chi connectivity index (χ2v) is 5.03. The second kappa shape index (κ2) is 6.41. The van der Waals surface area contributed by atoms with Crippen LogP contribution in [0.25, 0.3) is 0 Å². The van der Waals surface area contributed by atoms with Gasteiger partial charge in [-0.2, -0.15) is 0 Å². The molecule has 1 aromatic carbocycles. The smallest absolute Gasteiger partial charge is 0.159 e. The fourth-order valence-electron chi connectivity index (χ4n) is 1.85. The summed E-state index contributed by atoms with van der Waals surface area (Å²) in [6.45, 7) is 7.55. The molecule has 0 aliphatic heterocycles. The summed E-state index contributed by atoms with van der Waals surface area (Å²) >= 11 is 0. The van der Waals surface area contributed by atoms with E-state index in [0.29, 0.717) is 11.3 Å². The molecule has 0 radical (unpaired) electrons. The Morgan fingerprint density at radius 1 is 1.14 bits per heavy atom. The van der Waals surface area contributed by atoms with Crippen molar-refractivity contribution in [3.05, 3.63) is 58.7 Å². The van der Waals surface area contributed by atoms with E-state index in [0.717, 1.165) is 5.75 Å². The highest BCUT2D eigenvalue weighted by atomic mass is 19.1. The van der Waals surface area contributed by atoms with E-state index in [1.807, 2.05) is 32.0 Å². The maximum atomic E-state index is 13.8. The number of aryl methyl sites for hydroxylation is 3. The van der Waals surface area contributed by atoms with E-state index in [9.17, 15) is 4.39 Å². The van der Waals surface area contributed by atoms with Gasteiger partial charge in [-0.15, -0.1) is 0 Å². The van der Waals surface area contributed by atoms with Crippen LogP contribution in [0.1, 0.15) is 29.3 Å². The molecule has 0 aliphatic carbocycles. The van der Waals surface area contributed by atoms with Crippen molar-refractivity contribution in [2.45, 2.75) is 33.8 Å². The molecule has 3 heteroatoms. The van der Waals surface area contributed by atoms with Gasteiger partial charge in [0.1, 0.15) is 5.75 Å². The van der Waals surface area contributed by atoms with Crippen molar-refractivity contribution >= 4 is 0 Å². The van der Waals surface area contributed by atoms with Crippen molar-refractivity contribution in [3.8, 4) is 17.6 Å². The number of ether oxygens (including phenoxy) is 1. The first-order chi connectivity index (χ1) is 9.97. The third-order valence-electron chi connectivity index (χ3n) is 3.26. The van der Waals surface area contributed by atoms with E-state index in [1.165, 1.54) is 11.1 Å². The van der Waals surface area contributed by atoms with E-state index in [4.69, 9.17) is 4.74 Å². The van der Waals surface area contributed by atoms with Gasteiger partial charge in [0, 0.05) is 6.20 Å². The Bertz CT molecular complexity index is 713. The maximum Gasteiger partial charge on any atom is 0.159 e. The number of aromatic nitrogens is 1. The SMILES string of the molecule is Cc1ccc(OC(C)C#Cc2ccnc(C)c2F)cc1C. The zero-order valence-electron chi connectivity index (χ0n) is 12.7. The van der Waals surface area contributed by atoms with E-state index >= 15 is 0 Å². The Morgan fingerprint density at radius 3 is 2.62 bits per heavy atom. The lowest BCUT2D eigenvalue weighted by Crippen LogP contribution is -2.09. The van der Waals surface area contributed by atoms with Crippen LogP contribution in [0.4, 0.5) is 4.39 Å². The molecule has 0 saturated carbocycles. The molecular formula is C18H18FNO. The van der Waals surface area contributed by atoms with E-state index in [-0.39, 0.29) is 11.9 Å². The second-order valence-electron chi connectivity index (χ2n) is 5.03. The Kier molecular flexibility index (Phi) is 4.59. The highest BCUT2D eigenvalue weighted by Crippen LogP contribution is 2.17. The number of halogens is 1. The number of benzene rings is 1. The summed E-state index contributed by atoms with van der Waals surface area (Å²) in [5.74, 6) is 6.12. The van der Waals surface area contributed by atoms with Gasteiger partial charge in [-0.25, -0.2) is 4.39 Å². The largest absolute Gasteiger partial charge is 0.478 e. The number of pyridine rings is 1. The average molecular weight is 283 g/mol. The maximum absolute atomic E-state index is 13.8. The lowest BCUT2D eigenvalue weighted by atomic mass is 10.1. The summed E-state index contributed by atoms with van der Waals surface area (Å²) in [6.07, 6.45) is 1.23. The molecule has 1 unspecified atom stereocenters. The molecule has 2 rings (SSSR count). The summed E-state index contributed by atoms with van der Waals surface area (Å²) in [4.78, 5) is 3.88. The minimum Gasteiger partial charge on any atom is -0.478 e. The molecule has 21 heavy (non-hydrogen) atoms. The van der Waals surface area contributed by atoms with Crippen LogP contribution in [0.3, 0.4) is 0 Å². The van der Waals surface area contributed by atoms with Crippen LogP contribution in [0.15, 0.2) is 30.5 Å². The third-order valence-corrected chi connectivity index (χ3v) is 3.26. The van der Waals surface area contributed by atoms with Crippen molar-refractivity contribution in [1.82, 2.24) is 4.98 Å². The topological polar surface area (TPSA) is 22.1 Å². The van der Waals surface area contributed by atoms with Crippen LogP contribution in [-0.4, -0.2) is 11.1 Å². The van der Waals surface area contributed by atoms with Crippen LogP contribution >= 0.6 is 0 Å².